The van der Waals surface area contributed by atoms with Crippen LogP contribution in [-0.4, -0.2) is 30.4 Å². The van der Waals surface area contributed by atoms with Crippen LogP contribution in [0.15, 0.2) is 24.3 Å². The first-order chi connectivity index (χ1) is 8.43. The summed E-state index contributed by atoms with van der Waals surface area (Å²) in [5, 5.41) is 3.92. The van der Waals surface area contributed by atoms with Crippen molar-refractivity contribution in [1.29, 1.82) is 0 Å². The highest BCUT2D eigenvalue weighted by Gasteiger charge is 2.14. The van der Waals surface area contributed by atoms with Gasteiger partial charge in [-0.15, -0.1) is 0 Å². The molecule has 0 aliphatic carbocycles. The Morgan fingerprint density at radius 2 is 1.94 bits per heavy atom. The summed E-state index contributed by atoms with van der Waals surface area (Å²) < 4.78 is 0. The van der Waals surface area contributed by atoms with Gasteiger partial charge in [0, 0.05) is 24.2 Å². The Morgan fingerprint density at radius 3 is 2.50 bits per heavy atom. The first-order valence-electron chi connectivity index (χ1n) is 6.17. The maximum absolute atomic E-state index is 11.8. The van der Waals surface area contributed by atoms with E-state index < -0.39 is 0 Å². The highest BCUT2D eigenvalue weighted by Crippen LogP contribution is 2.21. The van der Waals surface area contributed by atoms with Crippen molar-refractivity contribution in [3.05, 3.63) is 34.9 Å². The summed E-state index contributed by atoms with van der Waals surface area (Å²) in [5.41, 5.74) is 1.01. The van der Waals surface area contributed by atoms with Crippen molar-refractivity contribution in [3.8, 4) is 0 Å². The lowest BCUT2D eigenvalue weighted by molar-refractivity contribution is -0.130. The average molecular weight is 269 g/mol. The van der Waals surface area contributed by atoms with E-state index >= 15 is 0 Å². The Morgan fingerprint density at radius 1 is 1.33 bits per heavy atom. The second-order valence-corrected chi connectivity index (χ2v) is 5.13. The first kappa shape index (κ1) is 15.0. The van der Waals surface area contributed by atoms with Gasteiger partial charge >= 0.3 is 0 Å². The van der Waals surface area contributed by atoms with Crippen molar-refractivity contribution in [2.24, 2.45) is 0 Å². The van der Waals surface area contributed by atoms with E-state index in [4.69, 9.17) is 11.6 Å². The molecule has 0 radical (unpaired) electrons. The normalized spacial score (nSPS) is 12.6. The fourth-order valence-electron chi connectivity index (χ4n) is 1.59. The van der Waals surface area contributed by atoms with Crippen molar-refractivity contribution < 1.29 is 4.79 Å². The number of likely N-dealkylation sites (N-methyl/N-ethyl adjacent to an activating group) is 1. The Balaban J connectivity index is 2.54. The molecule has 1 atom stereocenters. The van der Waals surface area contributed by atoms with Crippen LogP contribution in [0.2, 0.25) is 5.02 Å². The summed E-state index contributed by atoms with van der Waals surface area (Å²) in [4.78, 5) is 13.6. The van der Waals surface area contributed by atoms with E-state index in [1.807, 2.05) is 52.1 Å². The molecule has 1 amide bonds. The molecule has 0 spiro atoms. The van der Waals surface area contributed by atoms with Gasteiger partial charge in [-0.05, 0) is 32.4 Å². The van der Waals surface area contributed by atoms with Crippen LogP contribution in [0.1, 0.15) is 32.4 Å². The minimum atomic E-state index is 0.0585. The van der Waals surface area contributed by atoms with Gasteiger partial charge in [-0.25, -0.2) is 0 Å². The zero-order valence-electron chi connectivity index (χ0n) is 11.4. The molecule has 0 aliphatic rings. The van der Waals surface area contributed by atoms with Crippen molar-refractivity contribution >= 4 is 17.5 Å². The van der Waals surface area contributed by atoms with Gasteiger partial charge in [0.25, 0.3) is 0 Å². The lowest BCUT2D eigenvalue weighted by Crippen LogP contribution is -2.40. The zero-order chi connectivity index (χ0) is 13.7. The third kappa shape index (κ3) is 4.00. The number of carbonyl (C=O) groups excluding carboxylic acids is 1. The third-order valence-corrected chi connectivity index (χ3v) is 3.44. The van der Waals surface area contributed by atoms with Crippen LogP contribution in [0.4, 0.5) is 0 Å². The highest BCUT2D eigenvalue weighted by molar-refractivity contribution is 6.31. The largest absolute Gasteiger partial charge is 0.342 e. The fourth-order valence-corrected chi connectivity index (χ4v) is 1.89. The van der Waals surface area contributed by atoms with E-state index in [-0.39, 0.29) is 18.0 Å². The predicted molar refractivity (Wildman–Crippen MR) is 75.8 cm³/mol. The number of hydrogen-bond donors (Lipinski definition) is 1. The Kier molecular flexibility index (Phi) is 5.63. The molecule has 1 N–H and O–H groups in total. The number of amides is 1. The summed E-state index contributed by atoms with van der Waals surface area (Å²) in [6.07, 6.45) is 0. The van der Waals surface area contributed by atoms with Gasteiger partial charge in [0.15, 0.2) is 0 Å². The molecule has 0 fully saturated rings. The van der Waals surface area contributed by atoms with E-state index in [1.54, 1.807) is 4.90 Å². The summed E-state index contributed by atoms with van der Waals surface area (Å²) in [7, 11) is 1.81. The number of halogens is 1. The first-order valence-corrected chi connectivity index (χ1v) is 6.54. The van der Waals surface area contributed by atoms with E-state index in [0.29, 0.717) is 6.54 Å². The SMILES string of the molecule is CC(C)N(C)C(=O)CN[C@@H](C)c1ccccc1Cl. The van der Waals surface area contributed by atoms with Crippen molar-refractivity contribution in [3.63, 3.8) is 0 Å². The number of benzene rings is 1. The fraction of sp³-hybridized carbons (Fsp3) is 0.500. The number of rotatable bonds is 5. The molecule has 0 saturated heterocycles. The molecule has 4 heteroatoms. The number of nitrogens with one attached hydrogen (secondary N) is 1. The number of nitrogens with zero attached hydrogens (tertiary/aromatic N) is 1. The molecule has 18 heavy (non-hydrogen) atoms. The van der Waals surface area contributed by atoms with Crippen LogP contribution in [0.3, 0.4) is 0 Å². The van der Waals surface area contributed by atoms with Gasteiger partial charge in [-0.1, -0.05) is 29.8 Å². The summed E-state index contributed by atoms with van der Waals surface area (Å²) in [6, 6.07) is 7.95. The molecule has 3 nitrogen and oxygen atoms in total. The van der Waals surface area contributed by atoms with E-state index in [1.165, 1.54) is 0 Å². The van der Waals surface area contributed by atoms with Crippen LogP contribution in [0.5, 0.6) is 0 Å². The van der Waals surface area contributed by atoms with Crippen molar-refractivity contribution in [2.75, 3.05) is 13.6 Å². The summed E-state index contributed by atoms with van der Waals surface area (Å²) >= 11 is 6.11. The smallest absolute Gasteiger partial charge is 0.236 e. The Hall–Kier alpha value is -1.06. The number of carbonyl (C=O) groups is 1. The summed E-state index contributed by atoms with van der Waals surface area (Å²) in [5.74, 6) is 0.0869. The summed E-state index contributed by atoms with van der Waals surface area (Å²) in [6.45, 7) is 6.32. The molecular formula is C14H21ClN2O. The van der Waals surface area contributed by atoms with Gasteiger partial charge in [0.2, 0.25) is 5.91 Å². The molecular weight excluding hydrogens is 248 g/mol. The average Bonchev–Trinajstić information content (AvgIpc) is 2.35. The number of hydrogen-bond acceptors (Lipinski definition) is 2. The van der Waals surface area contributed by atoms with Gasteiger partial charge in [-0.2, -0.15) is 0 Å². The maximum atomic E-state index is 11.8. The van der Waals surface area contributed by atoms with Crippen LogP contribution in [0.25, 0.3) is 0 Å². The van der Waals surface area contributed by atoms with Crippen molar-refractivity contribution in [1.82, 2.24) is 10.2 Å². The molecule has 0 bridgehead atoms. The lowest BCUT2D eigenvalue weighted by Gasteiger charge is -2.23. The predicted octanol–water partition coefficient (Wildman–Crippen LogP) is 2.86. The molecule has 1 aromatic rings. The monoisotopic (exact) mass is 268 g/mol. The minimum absolute atomic E-state index is 0.0585. The van der Waals surface area contributed by atoms with Gasteiger partial charge in [0.1, 0.15) is 0 Å². The van der Waals surface area contributed by atoms with E-state index in [2.05, 4.69) is 5.32 Å². The molecule has 0 aliphatic heterocycles. The minimum Gasteiger partial charge on any atom is -0.342 e. The molecule has 0 unspecified atom stereocenters. The van der Waals surface area contributed by atoms with Gasteiger partial charge in [0.05, 0.1) is 6.54 Å². The quantitative estimate of drug-likeness (QED) is 0.891. The molecule has 1 aromatic carbocycles. The lowest BCUT2D eigenvalue weighted by atomic mass is 10.1. The van der Waals surface area contributed by atoms with E-state index in [9.17, 15) is 4.79 Å². The standard InChI is InChI=1S/C14H21ClN2O/c1-10(2)17(4)14(18)9-16-11(3)12-7-5-6-8-13(12)15/h5-8,10-11,16H,9H2,1-4H3/t11-/m0/s1. The van der Waals surface area contributed by atoms with Gasteiger partial charge < -0.3 is 10.2 Å². The van der Waals surface area contributed by atoms with E-state index in [0.717, 1.165) is 10.6 Å². The molecule has 1 rings (SSSR count). The van der Waals surface area contributed by atoms with Crippen molar-refractivity contribution in [2.45, 2.75) is 32.9 Å². The van der Waals surface area contributed by atoms with Crippen LogP contribution >= 0.6 is 11.6 Å². The van der Waals surface area contributed by atoms with Crippen LogP contribution in [-0.2, 0) is 4.79 Å². The Bertz CT molecular complexity index is 407. The van der Waals surface area contributed by atoms with Gasteiger partial charge in [-0.3, -0.25) is 4.79 Å². The zero-order valence-corrected chi connectivity index (χ0v) is 12.2. The second kappa shape index (κ2) is 6.76. The van der Waals surface area contributed by atoms with Crippen LogP contribution < -0.4 is 5.32 Å². The van der Waals surface area contributed by atoms with Crippen LogP contribution in [0, 0.1) is 0 Å². The molecule has 0 saturated carbocycles. The molecule has 0 heterocycles. The molecule has 100 valence electrons. The third-order valence-electron chi connectivity index (χ3n) is 3.10. The Labute approximate surface area is 114 Å². The highest BCUT2D eigenvalue weighted by atomic mass is 35.5. The molecule has 0 aromatic heterocycles. The maximum Gasteiger partial charge on any atom is 0.236 e. The topological polar surface area (TPSA) is 32.3 Å². The second-order valence-electron chi connectivity index (χ2n) is 4.72.